The largest absolute Gasteiger partial charge is 0.449 e. The highest BCUT2D eigenvalue weighted by Gasteiger charge is 2.19. The lowest BCUT2D eigenvalue weighted by atomic mass is 10.3. The Kier molecular flexibility index (Phi) is 4.44. The van der Waals surface area contributed by atoms with E-state index in [-0.39, 0.29) is 19.1 Å². The number of aromatic nitrogens is 1. The smallest absolute Gasteiger partial charge is 0.416 e. The van der Waals surface area contributed by atoms with Crippen LogP contribution in [0, 0.1) is 0 Å². The SMILES string of the molecule is CCOC(=O)N(Cc1ccccn1)C(C)=O. The molecule has 0 aliphatic rings. The first kappa shape index (κ1) is 12.2. The molecule has 5 nitrogen and oxygen atoms in total. The maximum Gasteiger partial charge on any atom is 0.416 e. The summed E-state index contributed by atoms with van der Waals surface area (Å²) in [4.78, 5) is 27.8. The van der Waals surface area contributed by atoms with Crippen LogP contribution >= 0.6 is 0 Å². The van der Waals surface area contributed by atoms with Crippen molar-refractivity contribution in [2.75, 3.05) is 6.61 Å². The number of carbonyl (C=O) groups is 2. The predicted molar refractivity (Wildman–Crippen MR) is 57.5 cm³/mol. The van der Waals surface area contributed by atoms with Gasteiger partial charge in [0.2, 0.25) is 5.91 Å². The molecule has 0 saturated heterocycles. The van der Waals surface area contributed by atoms with E-state index in [1.54, 1.807) is 31.3 Å². The van der Waals surface area contributed by atoms with Crippen molar-refractivity contribution in [2.45, 2.75) is 20.4 Å². The molecule has 0 unspecified atom stereocenters. The molecule has 1 rings (SSSR count). The van der Waals surface area contributed by atoms with E-state index < -0.39 is 6.09 Å². The normalized spacial score (nSPS) is 9.62. The Morgan fingerprint density at radius 2 is 2.19 bits per heavy atom. The van der Waals surface area contributed by atoms with Crippen LogP contribution in [0.4, 0.5) is 4.79 Å². The summed E-state index contributed by atoms with van der Waals surface area (Å²) in [6, 6.07) is 5.31. The van der Waals surface area contributed by atoms with Crippen molar-refractivity contribution in [3.8, 4) is 0 Å². The van der Waals surface area contributed by atoms with Crippen molar-refractivity contribution < 1.29 is 14.3 Å². The number of pyridine rings is 1. The van der Waals surface area contributed by atoms with Crippen LogP contribution in [0.25, 0.3) is 0 Å². The van der Waals surface area contributed by atoms with Gasteiger partial charge in [-0.05, 0) is 19.1 Å². The fourth-order valence-electron chi connectivity index (χ4n) is 1.16. The standard InChI is InChI=1S/C11H14N2O3/c1-3-16-11(15)13(9(2)14)8-10-6-4-5-7-12-10/h4-7H,3,8H2,1-2H3. The second kappa shape index (κ2) is 5.85. The molecular formula is C11H14N2O3. The van der Waals surface area contributed by atoms with Crippen LogP contribution in [-0.4, -0.2) is 28.5 Å². The molecule has 5 heteroatoms. The lowest BCUT2D eigenvalue weighted by Crippen LogP contribution is -2.35. The first-order chi connectivity index (χ1) is 7.65. The van der Waals surface area contributed by atoms with Gasteiger partial charge in [0.25, 0.3) is 0 Å². The van der Waals surface area contributed by atoms with Crippen molar-refractivity contribution in [1.29, 1.82) is 0 Å². The Balaban J connectivity index is 2.73. The van der Waals surface area contributed by atoms with Crippen LogP contribution in [0.2, 0.25) is 0 Å². The molecule has 1 aromatic heterocycles. The Morgan fingerprint density at radius 1 is 1.44 bits per heavy atom. The van der Waals surface area contributed by atoms with E-state index in [4.69, 9.17) is 4.74 Å². The number of nitrogens with zero attached hydrogens (tertiary/aromatic N) is 2. The summed E-state index contributed by atoms with van der Waals surface area (Å²) in [6.45, 7) is 3.39. The Bertz CT molecular complexity index is 365. The summed E-state index contributed by atoms with van der Waals surface area (Å²) in [5.74, 6) is -0.357. The average Bonchev–Trinajstić information content (AvgIpc) is 2.27. The molecule has 0 aliphatic carbocycles. The number of hydrogen-bond acceptors (Lipinski definition) is 4. The van der Waals surface area contributed by atoms with E-state index in [1.807, 2.05) is 0 Å². The van der Waals surface area contributed by atoms with Gasteiger partial charge in [-0.15, -0.1) is 0 Å². The third-order valence-electron chi connectivity index (χ3n) is 1.91. The summed E-state index contributed by atoms with van der Waals surface area (Å²) in [5.41, 5.74) is 0.644. The molecule has 86 valence electrons. The highest BCUT2D eigenvalue weighted by molar-refractivity contribution is 5.90. The number of imide groups is 1. The molecule has 1 aromatic rings. The number of carbonyl (C=O) groups excluding carboxylic acids is 2. The molecule has 0 fully saturated rings. The summed E-state index contributed by atoms with van der Waals surface area (Å²) in [7, 11) is 0. The summed E-state index contributed by atoms with van der Waals surface area (Å²) in [5, 5.41) is 0. The number of hydrogen-bond donors (Lipinski definition) is 0. The molecule has 0 N–H and O–H groups in total. The van der Waals surface area contributed by atoms with Gasteiger partial charge in [0.15, 0.2) is 0 Å². The molecule has 2 amide bonds. The van der Waals surface area contributed by atoms with Gasteiger partial charge >= 0.3 is 6.09 Å². The van der Waals surface area contributed by atoms with Gasteiger partial charge in [-0.2, -0.15) is 0 Å². The van der Waals surface area contributed by atoms with Gasteiger partial charge in [0, 0.05) is 13.1 Å². The average molecular weight is 222 g/mol. The molecule has 0 aliphatic heterocycles. The second-order valence-electron chi connectivity index (χ2n) is 3.13. The minimum Gasteiger partial charge on any atom is -0.449 e. The molecule has 0 radical (unpaired) electrons. The molecule has 0 bridgehead atoms. The van der Waals surface area contributed by atoms with E-state index >= 15 is 0 Å². The molecular weight excluding hydrogens is 208 g/mol. The Morgan fingerprint density at radius 3 is 2.69 bits per heavy atom. The van der Waals surface area contributed by atoms with Crippen molar-refractivity contribution >= 4 is 12.0 Å². The fourth-order valence-corrected chi connectivity index (χ4v) is 1.16. The molecule has 1 heterocycles. The van der Waals surface area contributed by atoms with Crippen molar-refractivity contribution in [1.82, 2.24) is 9.88 Å². The zero-order valence-corrected chi connectivity index (χ0v) is 9.34. The molecule has 0 atom stereocenters. The van der Waals surface area contributed by atoms with E-state index in [2.05, 4.69) is 4.98 Å². The van der Waals surface area contributed by atoms with E-state index in [0.29, 0.717) is 5.69 Å². The zero-order valence-electron chi connectivity index (χ0n) is 9.34. The summed E-state index contributed by atoms with van der Waals surface area (Å²) < 4.78 is 4.78. The molecule has 0 aromatic carbocycles. The first-order valence-electron chi connectivity index (χ1n) is 5.00. The van der Waals surface area contributed by atoms with Gasteiger partial charge in [0.1, 0.15) is 0 Å². The van der Waals surface area contributed by atoms with Gasteiger partial charge in [-0.25, -0.2) is 9.69 Å². The highest BCUT2D eigenvalue weighted by Crippen LogP contribution is 2.03. The number of rotatable bonds is 3. The Labute approximate surface area is 94.0 Å². The summed E-state index contributed by atoms with van der Waals surface area (Å²) >= 11 is 0. The first-order valence-corrected chi connectivity index (χ1v) is 5.00. The van der Waals surface area contributed by atoms with Crippen LogP contribution in [0.3, 0.4) is 0 Å². The fraction of sp³-hybridized carbons (Fsp3) is 0.364. The third kappa shape index (κ3) is 3.34. The van der Waals surface area contributed by atoms with Crippen molar-refractivity contribution in [2.24, 2.45) is 0 Å². The van der Waals surface area contributed by atoms with Crippen LogP contribution in [0.1, 0.15) is 19.5 Å². The quantitative estimate of drug-likeness (QED) is 0.779. The number of ether oxygens (including phenoxy) is 1. The van der Waals surface area contributed by atoms with Gasteiger partial charge in [-0.1, -0.05) is 6.07 Å². The summed E-state index contributed by atoms with van der Waals surface area (Å²) in [6.07, 6.45) is 0.972. The molecule has 16 heavy (non-hydrogen) atoms. The van der Waals surface area contributed by atoms with Crippen LogP contribution in [0.15, 0.2) is 24.4 Å². The molecule has 0 spiro atoms. The van der Waals surface area contributed by atoms with Crippen molar-refractivity contribution in [3.63, 3.8) is 0 Å². The van der Waals surface area contributed by atoms with E-state index in [1.165, 1.54) is 6.92 Å². The lowest BCUT2D eigenvalue weighted by molar-refractivity contribution is -0.127. The lowest BCUT2D eigenvalue weighted by Gasteiger charge is -2.17. The van der Waals surface area contributed by atoms with Gasteiger partial charge in [0.05, 0.1) is 18.8 Å². The zero-order chi connectivity index (χ0) is 12.0. The minimum atomic E-state index is -0.638. The second-order valence-corrected chi connectivity index (χ2v) is 3.13. The number of amides is 2. The maximum atomic E-state index is 11.4. The van der Waals surface area contributed by atoms with Crippen LogP contribution in [0.5, 0.6) is 0 Å². The monoisotopic (exact) mass is 222 g/mol. The predicted octanol–water partition coefficient (Wildman–Crippen LogP) is 1.59. The Hall–Kier alpha value is -1.91. The van der Waals surface area contributed by atoms with Crippen LogP contribution in [-0.2, 0) is 16.1 Å². The minimum absolute atomic E-state index is 0.134. The van der Waals surface area contributed by atoms with E-state index in [0.717, 1.165) is 4.90 Å². The van der Waals surface area contributed by atoms with Gasteiger partial charge < -0.3 is 4.74 Å². The highest BCUT2D eigenvalue weighted by atomic mass is 16.6. The third-order valence-corrected chi connectivity index (χ3v) is 1.91. The van der Waals surface area contributed by atoms with Crippen molar-refractivity contribution in [3.05, 3.63) is 30.1 Å². The maximum absolute atomic E-state index is 11.4. The van der Waals surface area contributed by atoms with Gasteiger partial charge in [-0.3, -0.25) is 9.78 Å². The van der Waals surface area contributed by atoms with E-state index in [9.17, 15) is 9.59 Å². The topological polar surface area (TPSA) is 59.5 Å². The molecule has 0 saturated carbocycles. The van der Waals surface area contributed by atoms with Crippen LogP contribution < -0.4 is 0 Å².